The SMILES string of the molecule is CN(Cc1ccc(Cl)s1)Cc1ccccc1N1CCCCC1.Cc1ccc(CNCc2ccccc2N2CCCCC2)s1.Clc1ccc(CNCc2ccccc2N2CCCCC2)s1. The van der Waals surface area contributed by atoms with Crippen molar-refractivity contribution < 1.29 is 0 Å². The predicted octanol–water partition coefficient (Wildman–Crippen LogP) is 14.0. The van der Waals surface area contributed by atoms with Gasteiger partial charge in [0.25, 0.3) is 0 Å². The lowest BCUT2D eigenvalue weighted by Gasteiger charge is -2.31. The van der Waals surface area contributed by atoms with E-state index in [0.717, 1.165) is 47.9 Å². The topological polar surface area (TPSA) is 37.0 Å². The van der Waals surface area contributed by atoms with E-state index in [1.165, 1.54) is 150 Å². The van der Waals surface area contributed by atoms with Crippen LogP contribution in [0.5, 0.6) is 0 Å². The minimum Gasteiger partial charge on any atom is -0.371 e. The molecular weight excluding hydrogens is 888 g/mol. The van der Waals surface area contributed by atoms with E-state index in [1.807, 2.05) is 23.5 Å². The van der Waals surface area contributed by atoms with Gasteiger partial charge in [-0.25, -0.2) is 0 Å². The molecule has 3 aliphatic rings. The molecule has 342 valence electrons. The highest BCUT2D eigenvalue weighted by Gasteiger charge is 2.17. The van der Waals surface area contributed by atoms with E-state index >= 15 is 0 Å². The van der Waals surface area contributed by atoms with Crippen molar-refractivity contribution in [2.45, 2.75) is 104 Å². The Morgan fingerprint density at radius 3 is 1.25 bits per heavy atom. The Morgan fingerprint density at radius 2 is 0.828 bits per heavy atom. The molecule has 0 unspecified atom stereocenters. The number of benzene rings is 3. The third kappa shape index (κ3) is 15.3. The monoisotopic (exact) mass is 954 g/mol. The van der Waals surface area contributed by atoms with Crippen molar-refractivity contribution in [3.05, 3.63) is 154 Å². The first-order chi connectivity index (χ1) is 31.4. The van der Waals surface area contributed by atoms with Gasteiger partial charge in [-0.3, -0.25) is 4.90 Å². The Balaban J connectivity index is 0.000000144. The summed E-state index contributed by atoms with van der Waals surface area (Å²) in [4.78, 5) is 15.4. The van der Waals surface area contributed by atoms with Crippen LogP contribution in [0.4, 0.5) is 17.1 Å². The molecule has 0 amide bonds. The van der Waals surface area contributed by atoms with Gasteiger partial charge in [0, 0.05) is 115 Å². The molecule has 9 rings (SSSR count). The molecule has 0 aliphatic carbocycles. The van der Waals surface area contributed by atoms with E-state index in [1.54, 1.807) is 22.7 Å². The van der Waals surface area contributed by atoms with Crippen LogP contribution in [0.25, 0.3) is 0 Å². The van der Waals surface area contributed by atoms with Crippen molar-refractivity contribution in [2.75, 3.05) is 61.0 Å². The van der Waals surface area contributed by atoms with Crippen molar-refractivity contribution in [3.8, 4) is 0 Å². The number of halogens is 2. The van der Waals surface area contributed by atoms with Gasteiger partial charge in [0.2, 0.25) is 0 Å². The highest BCUT2D eigenvalue weighted by Crippen LogP contribution is 2.29. The molecule has 3 aromatic carbocycles. The van der Waals surface area contributed by atoms with E-state index in [4.69, 9.17) is 23.2 Å². The van der Waals surface area contributed by atoms with Gasteiger partial charge in [0.1, 0.15) is 0 Å². The molecule has 0 spiro atoms. The van der Waals surface area contributed by atoms with Gasteiger partial charge in [-0.15, -0.1) is 34.0 Å². The fourth-order valence-electron chi connectivity index (χ4n) is 9.01. The Kier molecular flexibility index (Phi) is 19.8. The first-order valence-corrected chi connectivity index (χ1v) is 26.7. The standard InChI is InChI=1S/C18H23ClN2S.C18H24N2S.C17H21ClN2S/c1-20(14-16-9-10-18(19)22-16)13-15-7-3-4-8-17(15)21-11-5-2-6-12-21;1-15-9-10-17(21-15)14-19-13-16-7-3-4-8-18(16)20-11-5-2-6-12-20;18-17-9-8-15(21-17)13-19-12-14-6-2-3-7-16(14)20-10-4-1-5-11-20/h3-4,7-10H,2,5-6,11-14H2,1H3;3-4,7-10,19H,2,5-6,11-14H2,1H3;2-3,6-9,19H,1,4-5,10-13H2. The predicted molar refractivity (Wildman–Crippen MR) is 281 cm³/mol. The van der Waals surface area contributed by atoms with E-state index in [2.05, 4.69) is 141 Å². The van der Waals surface area contributed by atoms with Crippen molar-refractivity contribution >= 4 is 74.3 Å². The van der Waals surface area contributed by atoms with E-state index in [9.17, 15) is 0 Å². The number of rotatable bonds is 15. The Morgan fingerprint density at radius 1 is 0.438 bits per heavy atom. The summed E-state index contributed by atoms with van der Waals surface area (Å²) in [6.45, 7) is 15.0. The van der Waals surface area contributed by atoms with E-state index in [0.29, 0.717) is 0 Å². The summed E-state index contributed by atoms with van der Waals surface area (Å²) < 4.78 is 1.73. The summed E-state index contributed by atoms with van der Waals surface area (Å²) in [6.07, 6.45) is 12.1. The zero-order valence-electron chi connectivity index (χ0n) is 38.0. The second-order valence-corrected chi connectivity index (χ2v) is 22.3. The number of nitrogens with one attached hydrogen (secondary N) is 2. The smallest absolute Gasteiger partial charge is 0.0931 e. The molecule has 11 heteroatoms. The van der Waals surface area contributed by atoms with Crippen LogP contribution in [0.2, 0.25) is 8.67 Å². The number of nitrogens with zero attached hydrogens (tertiary/aromatic N) is 4. The molecule has 3 fully saturated rings. The zero-order chi connectivity index (χ0) is 44.4. The first kappa shape index (κ1) is 48.6. The minimum atomic E-state index is 0.862. The van der Waals surface area contributed by atoms with Crippen LogP contribution in [-0.4, -0.2) is 51.2 Å². The summed E-state index contributed by atoms with van der Waals surface area (Å²) in [5, 5.41) is 7.13. The number of hydrogen-bond acceptors (Lipinski definition) is 9. The van der Waals surface area contributed by atoms with Gasteiger partial charge in [-0.05, 0) is 143 Å². The Hall–Kier alpha value is -3.38. The van der Waals surface area contributed by atoms with Gasteiger partial charge in [-0.2, -0.15) is 0 Å². The molecule has 3 saturated heterocycles. The molecule has 3 aromatic heterocycles. The second-order valence-electron chi connectivity index (χ2n) is 17.3. The molecule has 0 atom stereocenters. The molecule has 3 aliphatic heterocycles. The van der Waals surface area contributed by atoms with Crippen LogP contribution in [0.1, 0.15) is 94.0 Å². The summed E-state index contributed by atoms with van der Waals surface area (Å²) in [6, 6.07) is 39.1. The lowest BCUT2D eigenvalue weighted by atomic mass is 10.1. The maximum absolute atomic E-state index is 6.02. The highest BCUT2D eigenvalue weighted by molar-refractivity contribution is 7.16. The summed E-state index contributed by atoms with van der Waals surface area (Å²) in [7, 11) is 2.18. The highest BCUT2D eigenvalue weighted by atomic mass is 35.5. The van der Waals surface area contributed by atoms with Crippen LogP contribution in [0.3, 0.4) is 0 Å². The second kappa shape index (κ2) is 26.1. The normalized spacial score (nSPS) is 15.4. The van der Waals surface area contributed by atoms with Crippen molar-refractivity contribution in [3.63, 3.8) is 0 Å². The van der Waals surface area contributed by atoms with E-state index < -0.39 is 0 Å². The van der Waals surface area contributed by atoms with Gasteiger partial charge in [0.05, 0.1) is 8.67 Å². The molecule has 64 heavy (non-hydrogen) atoms. The number of thiophene rings is 3. The molecule has 6 heterocycles. The quantitative estimate of drug-likeness (QED) is 0.107. The third-order valence-electron chi connectivity index (χ3n) is 12.2. The van der Waals surface area contributed by atoms with Crippen molar-refractivity contribution in [1.82, 2.24) is 15.5 Å². The van der Waals surface area contributed by atoms with Crippen LogP contribution in [0, 0.1) is 6.92 Å². The number of anilines is 3. The average molecular weight is 956 g/mol. The van der Waals surface area contributed by atoms with Crippen LogP contribution in [-0.2, 0) is 39.3 Å². The molecule has 0 radical (unpaired) electrons. The van der Waals surface area contributed by atoms with Crippen molar-refractivity contribution in [1.29, 1.82) is 0 Å². The zero-order valence-corrected chi connectivity index (χ0v) is 42.0. The average Bonchev–Trinajstić information content (AvgIpc) is 4.08. The van der Waals surface area contributed by atoms with Crippen LogP contribution >= 0.6 is 57.2 Å². The van der Waals surface area contributed by atoms with E-state index in [-0.39, 0.29) is 0 Å². The molecular formula is C53H68Cl2N6S3. The lowest BCUT2D eigenvalue weighted by Crippen LogP contribution is -2.31. The minimum absolute atomic E-state index is 0.862. The van der Waals surface area contributed by atoms with Gasteiger partial charge >= 0.3 is 0 Å². The summed E-state index contributed by atoms with van der Waals surface area (Å²) in [5.74, 6) is 0. The first-order valence-electron chi connectivity index (χ1n) is 23.5. The van der Waals surface area contributed by atoms with Crippen molar-refractivity contribution in [2.24, 2.45) is 0 Å². The fourth-order valence-corrected chi connectivity index (χ4v) is 12.1. The Bertz CT molecular complexity index is 2150. The molecule has 0 saturated carbocycles. The molecule has 2 N–H and O–H groups in total. The van der Waals surface area contributed by atoms with Crippen LogP contribution < -0.4 is 25.3 Å². The lowest BCUT2D eigenvalue weighted by molar-refractivity contribution is 0.322. The summed E-state index contributed by atoms with van der Waals surface area (Å²) >= 11 is 17.2. The molecule has 0 bridgehead atoms. The third-order valence-corrected chi connectivity index (χ3v) is 15.7. The summed E-state index contributed by atoms with van der Waals surface area (Å²) in [5.41, 5.74) is 8.48. The fraction of sp³-hybridized carbons (Fsp3) is 0.434. The number of hydrogen-bond donors (Lipinski definition) is 2. The largest absolute Gasteiger partial charge is 0.371 e. The Labute approximate surface area is 406 Å². The number of para-hydroxylation sites is 3. The maximum Gasteiger partial charge on any atom is 0.0931 e. The molecule has 6 nitrogen and oxygen atoms in total. The number of aryl methyl sites for hydroxylation is 1. The number of piperidine rings is 3. The maximum atomic E-state index is 6.02. The molecule has 6 aromatic rings. The van der Waals surface area contributed by atoms with Gasteiger partial charge in [0.15, 0.2) is 0 Å². The van der Waals surface area contributed by atoms with Gasteiger partial charge in [-0.1, -0.05) is 77.8 Å². The van der Waals surface area contributed by atoms with Crippen LogP contribution in [0.15, 0.2) is 109 Å². The van der Waals surface area contributed by atoms with Gasteiger partial charge < -0.3 is 25.3 Å².